The maximum Gasteiger partial charge on any atom is 0.167 e. The van der Waals surface area contributed by atoms with E-state index >= 15 is 0 Å². The second-order valence-corrected chi connectivity index (χ2v) is 6.19. The second-order valence-electron chi connectivity index (χ2n) is 6.19. The van der Waals surface area contributed by atoms with Gasteiger partial charge in [-0.15, -0.1) is 0 Å². The van der Waals surface area contributed by atoms with Gasteiger partial charge in [0.05, 0.1) is 12.4 Å². The Bertz CT molecular complexity index is 770. The van der Waals surface area contributed by atoms with E-state index in [-0.39, 0.29) is 5.76 Å². The smallest absolute Gasteiger partial charge is 0.167 e. The summed E-state index contributed by atoms with van der Waals surface area (Å²) >= 11 is 0. The average molecular weight is 332 g/mol. The van der Waals surface area contributed by atoms with Crippen molar-refractivity contribution in [2.75, 3.05) is 18.8 Å². The Morgan fingerprint density at radius 1 is 1.29 bits per heavy atom. The van der Waals surface area contributed by atoms with Gasteiger partial charge in [-0.2, -0.15) is 0 Å². The van der Waals surface area contributed by atoms with Gasteiger partial charge in [-0.05, 0) is 12.8 Å². The number of nitrogens with zero attached hydrogens (tertiary/aromatic N) is 5. The number of ether oxygens (including phenoxy) is 1. The van der Waals surface area contributed by atoms with Crippen molar-refractivity contribution in [2.24, 2.45) is 0 Å². The minimum atomic E-state index is -0.800. The lowest BCUT2D eigenvalue weighted by Gasteiger charge is -2.18. The van der Waals surface area contributed by atoms with Crippen LogP contribution in [0.3, 0.4) is 0 Å². The Morgan fingerprint density at radius 2 is 2.08 bits per heavy atom. The molecule has 2 aliphatic heterocycles. The predicted molar refractivity (Wildman–Crippen MR) is 85.8 cm³/mol. The van der Waals surface area contributed by atoms with Gasteiger partial charge < -0.3 is 25.6 Å². The zero-order chi connectivity index (χ0) is 16.7. The zero-order valence-electron chi connectivity index (χ0n) is 13.1. The number of aromatic nitrogens is 4. The van der Waals surface area contributed by atoms with Crippen molar-refractivity contribution in [3.8, 4) is 0 Å². The van der Waals surface area contributed by atoms with E-state index in [1.54, 1.807) is 17.1 Å². The Balaban J connectivity index is 1.57. The molecule has 9 nitrogen and oxygen atoms in total. The fraction of sp³-hybridized carbons (Fsp3) is 0.533. The number of hydrogen-bond donors (Lipinski definition) is 3. The molecule has 2 saturated heterocycles. The topological polar surface area (TPSA) is 123 Å². The molecular formula is C15H20N6O3. The number of nitrogen functional groups attached to an aromatic ring is 1. The quantitative estimate of drug-likeness (QED) is 0.697. The Labute approximate surface area is 138 Å². The summed E-state index contributed by atoms with van der Waals surface area (Å²) < 4.78 is 7.57. The lowest BCUT2D eigenvalue weighted by molar-refractivity contribution is -0.0174. The molecule has 2 aromatic rings. The molecule has 9 heteroatoms. The van der Waals surface area contributed by atoms with Crippen LogP contribution in [0.15, 0.2) is 24.6 Å². The summed E-state index contributed by atoms with van der Waals surface area (Å²) in [6.07, 6.45) is 5.13. The van der Waals surface area contributed by atoms with Crippen molar-refractivity contribution in [1.82, 2.24) is 24.4 Å². The van der Waals surface area contributed by atoms with Gasteiger partial charge in [-0.3, -0.25) is 4.57 Å². The first-order valence-corrected chi connectivity index (χ1v) is 8.05. The highest BCUT2D eigenvalue weighted by Crippen LogP contribution is 2.34. The molecule has 0 aliphatic carbocycles. The van der Waals surface area contributed by atoms with Crippen LogP contribution in [0.4, 0.5) is 5.82 Å². The zero-order valence-corrected chi connectivity index (χ0v) is 13.1. The third-order valence-corrected chi connectivity index (χ3v) is 4.54. The summed E-state index contributed by atoms with van der Waals surface area (Å²) in [4.78, 5) is 14.3. The predicted octanol–water partition coefficient (Wildman–Crippen LogP) is 0.552. The number of hydrogen-bond acceptors (Lipinski definition) is 8. The van der Waals surface area contributed by atoms with Gasteiger partial charge in [0.2, 0.25) is 0 Å². The van der Waals surface area contributed by atoms with Gasteiger partial charge in [-0.25, -0.2) is 15.0 Å². The highest BCUT2D eigenvalue weighted by atomic mass is 16.5. The summed E-state index contributed by atoms with van der Waals surface area (Å²) in [5, 5.41) is 20.6. The van der Waals surface area contributed by atoms with Gasteiger partial charge in [0, 0.05) is 25.7 Å². The minimum absolute atomic E-state index is 0.0467. The number of imidazole rings is 1. The molecule has 2 aromatic heterocycles. The van der Waals surface area contributed by atoms with E-state index in [1.807, 2.05) is 4.90 Å². The molecule has 0 spiro atoms. The van der Waals surface area contributed by atoms with Crippen molar-refractivity contribution < 1.29 is 14.9 Å². The van der Waals surface area contributed by atoms with Crippen LogP contribution in [-0.2, 0) is 4.74 Å². The van der Waals surface area contributed by atoms with Crippen LogP contribution in [-0.4, -0.2) is 59.9 Å². The molecule has 128 valence electrons. The third kappa shape index (κ3) is 2.55. The number of rotatable bonds is 3. The van der Waals surface area contributed by atoms with E-state index in [4.69, 9.17) is 10.5 Å². The highest BCUT2D eigenvalue weighted by Gasteiger charge is 2.38. The minimum Gasteiger partial charge on any atom is -0.508 e. The molecule has 4 heterocycles. The molecule has 0 aromatic carbocycles. The van der Waals surface area contributed by atoms with E-state index in [2.05, 4.69) is 15.0 Å². The van der Waals surface area contributed by atoms with Gasteiger partial charge in [0.15, 0.2) is 11.5 Å². The lowest BCUT2D eigenvalue weighted by atomic mass is 10.1. The maximum absolute atomic E-state index is 10.3. The van der Waals surface area contributed by atoms with E-state index in [9.17, 15) is 10.2 Å². The van der Waals surface area contributed by atoms with Crippen LogP contribution in [0.1, 0.15) is 25.5 Å². The fourth-order valence-corrected chi connectivity index (χ4v) is 3.30. The molecule has 0 amide bonds. The van der Waals surface area contributed by atoms with E-state index < -0.39 is 18.4 Å². The standard InChI is InChI=1S/C15H20N6O3/c16-14-12-15(18-7-17-14)21(8-19-12)11-5-9(22)13(24-11)10(23)6-20-3-1-2-4-20/h6-9,11,13,22-23H,1-5H2,(H2,16,17,18)/t9-,11+,13-/m0/s1. The Kier molecular flexibility index (Phi) is 3.73. The van der Waals surface area contributed by atoms with Crippen LogP contribution < -0.4 is 5.73 Å². The van der Waals surface area contributed by atoms with Crippen LogP contribution in [0.2, 0.25) is 0 Å². The van der Waals surface area contributed by atoms with E-state index in [1.165, 1.54) is 6.33 Å². The highest BCUT2D eigenvalue weighted by molar-refractivity contribution is 5.81. The number of fused-ring (bicyclic) bond motifs is 1. The summed E-state index contributed by atoms with van der Waals surface area (Å²) in [5.74, 6) is 0.344. The number of aliphatic hydroxyl groups is 2. The largest absolute Gasteiger partial charge is 0.508 e. The second kappa shape index (κ2) is 5.91. The molecule has 2 aliphatic rings. The summed E-state index contributed by atoms with van der Waals surface area (Å²) in [7, 11) is 0. The molecule has 0 radical (unpaired) electrons. The van der Waals surface area contributed by atoms with Crippen LogP contribution in [0, 0.1) is 0 Å². The Hall–Kier alpha value is -2.39. The molecule has 0 unspecified atom stereocenters. The fourth-order valence-electron chi connectivity index (χ4n) is 3.30. The average Bonchev–Trinajstić information content (AvgIpc) is 3.26. The number of aliphatic hydroxyl groups excluding tert-OH is 2. The van der Waals surface area contributed by atoms with Crippen LogP contribution >= 0.6 is 0 Å². The molecule has 4 rings (SSSR count). The van der Waals surface area contributed by atoms with Gasteiger partial charge >= 0.3 is 0 Å². The third-order valence-electron chi connectivity index (χ3n) is 4.54. The molecular weight excluding hydrogens is 312 g/mol. The summed E-state index contributed by atoms with van der Waals surface area (Å²) in [5.41, 5.74) is 6.83. The lowest BCUT2D eigenvalue weighted by Crippen LogP contribution is -2.25. The Morgan fingerprint density at radius 3 is 2.88 bits per heavy atom. The van der Waals surface area contributed by atoms with Crippen molar-refractivity contribution in [2.45, 2.75) is 37.7 Å². The molecule has 24 heavy (non-hydrogen) atoms. The van der Waals surface area contributed by atoms with E-state index in [0.717, 1.165) is 25.9 Å². The molecule has 4 N–H and O–H groups in total. The maximum atomic E-state index is 10.3. The first kappa shape index (κ1) is 15.2. The van der Waals surface area contributed by atoms with Crippen molar-refractivity contribution in [3.63, 3.8) is 0 Å². The summed E-state index contributed by atoms with van der Waals surface area (Å²) in [6.45, 7) is 1.83. The number of likely N-dealkylation sites (tertiary alicyclic amines) is 1. The van der Waals surface area contributed by atoms with Gasteiger partial charge in [0.1, 0.15) is 29.9 Å². The first-order chi connectivity index (χ1) is 11.6. The molecule has 0 bridgehead atoms. The first-order valence-electron chi connectivity index (χ1n) is 8.05. The molecule has 0 saturated carbocycles. The van der Waals surface area contributed by atoms with Crippen molar-refractivity contribution in [3.05, 3.63) is 24.6 Å². The molecule has 2 fully saturated rings. The number of nitrogens with two attached hydrogens (primary N) is 1. The van der Waals surface area contributed by atoms with Crippen molar-refractivity contribution >= 4 is 17.0 Å². The monoisotopic (exact) mass is 332 g/mol. The van der Waals surface area contributed by atoms with Gasteiger partial charge in [0.25, 0.3) is 0 Å². The summed E-state index contributed by atoms with van der Waals surface area (Å²) in [6, 6.07) is 0. The van der Waals surface area contributed by atoms with Crippen LogP contribution in [0.25, 0.3) is 11.2 Å². The van der Waals surface area contributed by atoms with Crippen molar-refractivity contribution in [1.29, 1.82) is 0 Å². The normalized spacial score (nSPS) is 28.1. The SMILES string of the molecule is Nc1ncnc2c1ncn2[C@H]1C[C@H](O)[C@@H](C(O)=CN2CCCC2)O1. The molecule has 3 atom stereocenters. The number of anilines is 1. The van der Waals surface area contributed by atoms with Gasteiger partial charge in [-0.1, -0.05) is 0 Å². The van der Waals surface area contributed by atoms with Crippen LogP contribution in [0.5, 0.6) is 0 Å². The van der Waals surface area contributed by atoms with E-state index in [0.29, 0.717) is 23.4 Å².